The van der Waals surface area contributed by atoms with E-state index in [1.54, 1.807) is 13.0 Å². The molecule has 0 amide bonds. The van der Waals surface area contributed by atoms with Gasteiger partial charge in [-0.3, -0.25) is 0 Å². The number of pyridine rings is 1. The summed E-state index contributed by atoms with van der Waals surface area (Å²) in [5, 5.41) is 3.71. The van der Waals surface area contributed by atoms with Crippen LogP contribution >= 0.6 is 24.8 Å². The Labute approximate surface area is 263 Å². The second-order valence-corrected chi connectivity index (χ2v) is 10.2. The normalized spacial score (nSPS) is 13.8. The quantitative estimate of drug-likeness (QED) is 0.160. The van der Waals surface area contributed by atoms with Gasteiger partial charge < -0.3 is 19.2 Å². The van der Waals surface area contributed by atoms with Crippen molar-refractivity contribution in [3.05, 3.63) is 113 Å². The number of esters is 1. The number of nitrogens with zero attached hydrogens (tertiary/aromatic N) is 2. The molecule has 6 rings (SSSR count). The standard InChI is InChI=1S/C34H33N3O4.2ClH/c1-2-39-34(38)30-19-18-26-27(10-7-11-28(26)36-30)35-21-20-24-8-3-5-12-31(24)40-22-23-14-16-25(17-15-23)33-37-29-9-4-6-13-32(29)41-33;;/h3-6,8-9,12-19,27,35H,2,7,10-11,20-22H2,1H3;2*1H. The highest BCUT2D eigenvalue weighted by Gasteiger charge is 2.22. The summed E-state index contributed by atoms with van der Waals surface area (Å²) in [6.45, 7) is 3.44. The Bertz CT molecular complexity index is 1620. The van der Waals surface area contributed by atoms with Crippen LogP contribution in [-0.4, -0.2) is 29.1 Å². The van der Waals surface area contributed by atoms with Crippen LogP contribution in [0.5, 0.6) is 5.75 Å². The first kappa shape index (κ1) is 32.0. The molecule has 1 aliphatic carbocycles. The highest BCUT2D eigenvalue weighted by atomic mass is 35.5. The topological polar surface area (TPSA) is 86.5 Å². The minimum Gasteiger partial charge on any atom is -0.489 e. The van der Waals surface area contributed by atoms with Gasteiger partial charge in [0.25, 0.3) is 0 Å². The van der Waals surface area contributed by atoms with Crippen LogP contribution in [0.4, 0.5) is 0 Å². The molecule has 0 aliphatic heterocycles. The van der Waals surface area contributed by atoms with Crippen molar-refractivity contribution in [1.29, 1.82) is 0 Å². The smallest absolute Gasteiger partial charge is 0.356 e. The molecule has 0 radical (unpaired) electrons. The maximum Gasteiger partial charge on any atom is 0.356 e. The van der Waals surface area contributed by atoms with Crippen LogP contribution < -0.4 is 10.1 Å². The Morgan fingerprint density at radius 1 is 0.953 bits per heavy atom. The summed E-state index contributed by atoms with van der Waals surface area (Å²) in [5.74, 6) is 1.15. The number of aryl methyl sites for hydroxylation is 1. The zero-order chi connectivity index (χ0) is 28.0. The number of ether oxygens (including phenoxy) is 2. The minimum atomic E-state index is -0.360. The molecule has 2 aromatic heterocycles. The van der Waals surface area contributed by atoms with E-state index in [4.69, 9.17) is 13.9 Å². The molecule has 1 unspecified atom stereocenters. The van der Waals surface area contributed by atoms with E-state index in [9.17, 15) is 4.79 Å². The Balaban J connectivity index is 0.00000212. The molecule has 1 aliphatic rings. The van der Waals surface area contributed by atoms with Gasteiger partial charge in [0.2, 0.25) is 5.89 Å². The number of hydrogen-bond acceptors (Lipinski definition) is 7. The van der Waals surface area contributed by atoms with Gasteiger partial charge >= 0.3 is 5.97 Å². The lowest BCUT2D eigenvalue weighted by Crippen LogP contribution is -2.28. The third kappa shape index (κ3) is 7.54. The highest BCUT2D eigenvalue weighted by Crippen LogP contribution is 2.29. The number of nitrogens with one attached hydrogen (secondary N) is 1. The van der Waals surface area contributed by atoms with Crippen molar-refractivity contribution < 1.29 is 18.7 Å². The van der Waals surface area contributed by atoms with Crippen molar-refractivity contribution in [3.8, 4) is 17.2 Å². The van der Waals surface area contributed by atoms with Gasteiger partial charge in [0.05, 0.1) is 6.61 Å². The molecular formula is C34H35Cl2N3O4. The average molecular weight is 621 g/mol. The van der Waals surface area contributed by atoms with Crippen LogP contribution in [0.15, 0.2) is 89.3 Å². The molecule has 224 valence electrons. The minimum absolute atomic E-state index is 0. The van der Waals surface area contributed by atoms with E-state index in [0.29, 0.717) is 24.8 Å². The van der Waals surface area contributed by atoms with E-state index in [1.807, 2.05) is 60.7 Å². The predicted octanol–water partition coefficient (Wildman–Crippen LogP) is 7.70. The first-order chi connectivity index (χ1) is 20.2. The number of benzene rings is 3. The van der Waals surface area contributed by atoms with E-state index in [-0.39, 0.29) is 36.8 Å². The first-order valence-electron chi connectivity index (χ1n) is 14.2. The van der Waals surface area contributed by atoms with Gasteiger partial charge in [0, 0.05) is 17.3 Å². The number of aromatic nitrogens is 2. The Morgan fingerprint density at radius 2 is 1.74 bits per heavy atom. The third-order valence-corrected chi connectivity index (χ3v) is 7.42. The van der Waals surface area contributed by atoms with Crippen LogP contribution in [-0.2, 0) is 24.2 Å². The maximum absolute atomic E-state index is 12.1. The Hall–Kier alpha value is -3.91. The molecule has 3 aromatic carbocycles. The molecule has 0 saturated heterocycles. The number of halogens is 2. The molecule has 0 saturated carbocycles. The second-order valence-electron chi connectivity index (χ2n) is 10.2. The van der Waals surface area contributed by atoms with Crippen LogP contribution in [0, 0.1) is 0 Å². The summed E-state index contributed by atoms with van der Waals surface area (Å²) in [5.41, 5.74) is 7.37. The summed E-state index contributed by atoms with van der Waals surface area (Å²) >= 11 is 0. The second kappa shape index (κ2) is 15.0. The van der Waals surface area contributed by atoms with Crippen molar-refractivity contribution in [2.75, 3.05) is 13.2 Å². The number of hydrogen-bond donors (Lipinski definition) is 1. The largest absolute Gasteiger partial charge is 0.489 e. The average Bonchev–Trinajstić information content (AvgIpc) is 3.45. The molecule has 43 heavy (non-hydrogen) atoms. The lowest BCUT2D eigenvalue weighted by molar-refractivity contribution is 0.0519. The molecular weight excluding hydrogens is 585 g/mol. The van der Waals surface area contributed by atoms with E-state index in [0.717, 1.165) is 71.5 Å². The lowest BCUT2D eigenvalue weighted by Gasteiger charge is -2.26. The number of para-hydroxylation sites is 3. The molecule has 9 heteroatoms. The monoisotopic (exact) mass is 619 g/mol. The van der Waals surface area contributed by atoms with Crippen molar-refractivity contribution in [1.82, 2.24) is 15.3 Å². The molecule has 0 fully saturated rings. The third-order valence-electron chi connectivity index (χ3n) is 7.42. The summed E-state index contributed by atoms with van der Waals surface area (Å²) in [6.07, 6.45) is 3.81. The fourth-order valence-corrected chi connectivity index (χ4v) is 5.32. The van der Waals surface area contributed by atoms with Crippen molar-refractivity contribution >= 4 is 41.9 Å². The number of oxazole rings is 1. The molecule has 0 bridgehead atoms. The van der Waals surface area contributed by atoms with Gasteiger partial charge in [-0.15, -0.1) is 24.8 Å². The molecule has 5 aromatic rings. The SMILES string of the molecule is CCOC(=O)c1ccc2c(n1)CCCC2NCCc1ccccc1OCc1ccc(-c2nc3ccccc3o2)cc1.Cl.Cl. The van der Waals surface area contributed by atoms with Crippen molar-refractivity contribution in [2.45, 2.75) is 45.3 Å². The summed E-state index contributed by atoms with van der Waals surface area (Å²) < 4.78 is 17.3. The fourth-order valence-electron chi connectivity index (χ4n) is 5.32. The number of carbonyl (C=O) groups is 1. The molecule has 1 atom stereocenters. The highest BCUT2D eigenvalue weighted by molar-refractivity contribution is 5.87. The zero-order valence-electron chi connectivity index (χ0n) is 24.0. The molecule has 1 N–H and O–H groups in total. The van der Waals surface area contributed by atoms with Crippen LogP contribution in [0.1, 0.15) is 58.7 Å². The molecule has 0 spiro atoms. The number of fused-ring (bicyclic) bond motifs is 2. The summed E-state index contributed by atoms with van der Waals surface area (Å²) in [4.78, 5) is 21.3. The predicted molar refractivity (Wildman–Crippen MR) is 172 cm³/mol. The number of rotatable bonds is 10. The van der Waals surface area contributed by atoms with E-state index < -0.39 is 0 Å². The van der Waals surface area contributed by atoms with Gasteiger partial charge in [-0.25, -0.2) is 14.8 Å². The fraction of sp³-hybridized carbons (Fsp3) is 0.265. The zero-order valence-corrected chi connectivity index (χ0v) is 25.6. The molecule has 2 heterocycles. The van der Waals surface area contributed by atoms with E-state index >= 15 is 0 Å². The lowest BCUT2D eigenvalue weighted by atomic mass is 9.91. The maximum atomic E-state index is 12.1. The summed E-state index contributed by atoms with van der Waals surface area (Å²) in [7, 11) is 0. The van der Waals surface area contributed by atoms with E-state index in [1.165, 1.54) is 5.56 Å². The number of carbonyl (C=O) groups excluding carboxylic acids is 1. The van der Waals surface area contributed by atoms with Crippen LogP contribution in [0.3, 0.4) is 0 Å². The van der Waals surface area contributed by atoms with E-state index in [2.05, 4.69) is 33.5 Å². The van der Waals surface area contributed by atoms with Crippen LogP contribution in [0.25, 0.3) is 22.6 Å². The van der Waals surface area contributed by atoms with Gasteiger partial charge in [-0.2, -0.15) is 0 Å². The summed E-state index contributed by atoms with van der Waals surface area (Å²) in [6, 6.07) is 28.1. The van der Waals surface area contributed by atoms with Crippen molar-refractivity contribution in [2.24, 2.45) is 0 Å². The van der Waals surface area contributed by atoms with Crippen LogP contribution in [0.2, 0.25) is 0 Å². The van der Waals surface area contributed by atoms with Gasteiger partial charge in [0.1, 0.15) is 23.6 Å². The van der Waals surface area contributed by atoms with Gasteiger partial charge in [-0.05, 0) is 92.2 Å². The van der Waals surface area contributed by atoms with Crippen molar-refractivity contribution in [3.63, 3.8) is 0 Å². The first-order valence-corrected chi connectivity index (χ1v) is 14.2. The Morgan fingerprint density at radius 3 is 2.56 bits per heavy atom. The van der Waals surface area contributed by atoms with Gasteiger partial charge in [-0.1, -0.05) is 48.5 Å². The Kier molecular flexibility index (Phi) is 11.2. The van der Waals surface area contributed by atoms with Gasteiger partial charge in [0.15, 0.2) is 5.58 Å². The molecule has 7 nitrogen and oxygen atoms in total.